The molecule has 0 amide bonds. The van der Waals surface area contributed by atoms with Crippen LogP contribution in [0.5, 0.6) is 0 Å². The first-order chi connectivity index (χ1) is 15.2. The van der Waals surface area contributed by atoms with Gasteiger partial charge in [0.1, 0.15) is 6.61 Å². The van der Waals surface area contributed by atoms with Crippen LogP contribution in [0.25, 0.3) is 22.3 Å². The monoisotopic (exact) mass is 457 g/mol. The normalized spacial score (nSPS) is 22.3. The number of nitrogens with two attached hydrogens (primary N) is 1. The number of alkyl halides is 2. The Morgan fingerprint density at radius 1 is 1.31 bits per heavy atom. The van der Waals surface area contributed by atoms with Crippen LogP contribution in [-0.4, -0.2) is 26.4 Å². The van der Waals surface area contributed by atoms with Crippen molar-refractivity contribution in [3.05, 3.63) is 50.8 Å². The van der Waals surface area contributed by atoms with Gasteiger partial charge < -0.3 is 20.1 Å². The van der Waals surface area contributed by atoms with Gasteiger partial charge in [0.05, 0.1) is 34.8 Å². The lowest BCUT2D eigenvalue weighted by Crippen LogP contribution is -2.44. The number of thioether (sulfide) groups is 1. The van der Waals surface area contributed by atoms with E-state index >= 15 is 8.78 Å². The molecular formula is C22H17F2N3O4S. The van der Waals surface area contributed by atoms with E-state index in [1.807, 2.05) is 0 Å². The highest BCUT2D eigenvalue weighted by Crippen LogP contribution is 2.52. The Balaban J connectivity index is 1.71. The van der Waals surface area contributed by atoms with E-state index in [9.17, 15) is 14.7 Å². The standard InChI is InChI=1S/C22H17F2N3O4S/c1-2-21(30)11-5-14-17-9(6-27(14)19(28)10(11)7-31-20(21)29)16-15-13(26-17)4-3-12(25)18(15)32-8-22(16,23)24/h3-5,30H,2,6-8,25H2,1H3/t21-/m0/s1. The fourth-order valence-electron chi connectivity index (χ4n) is 4.95. The summed E-state index contributed by atoms with van der Waals surface area (Å²) in [6.45, 7) is 1.25. The number of halogens is 2. The van der Waals surface area contributed by atoms with Crippen LogP contribution in [0.4, 0.5) is 14.5 Å². The summed E-state index contributed by atoms with van der Waals surface area (Å²) < 4.78 is 36.9. The highest BCUT2D eigenvalue weighted by molar-refractivity contribution is 7.99. The second-order valence-corrected chi connectivity index (χ2v) is 9.27. The summed E-state index contributed by atoms with van der Waals surface area (Å²) in [7, 11) is 0. The maximum Gasteiger partial charge on any atom is 0.343 e. The number of aromatic nitrogens is 2. The topological polar surface area (TPSA) is 107 Å². The van der Waals surface area contributed by atoms with E-state index in [1.165, 1.54) is 10.6 Å². The molecule has 3 aliphatic rings. The Morgan fingerprint density at radius 3 is 2.84 bits per heavy atom. The van der Waals surface area contributed by atoms with Gasteiger partial charge in [-0.05, 0) is 24.6 Å². The number of cyclic esters (lactones) is 1. The van der Waals surface area contributed by atoms with Gasteiger partial charge in [0.25, 0.3) is 11.5 Å². The molecule has 0 fully saturated rings. The second kappa shape index (κ2) is 6.08. The number of benzene rings is 1. The summed E-state index contributed by atoms with van der Waals surface area (Å²) in [5.41, 5.74) is 5.34. The minimum atomic E-state index is -3.13. The van der Waals surface area contributed by atoms with Gasteiger partial charge in [-0.25, -0.2) is 18.6 Å². The van der Waals surface area contributed by atoms with Gasteiger partial charge in [-0.1, -0.05) is 6.92 Å². The van der Waals surface area contributed by atoms with E-state index in [4.69, 9.17) is 10.5 Å². The molecule has 2 aromatic heterocycles. The molecule has 0 unspecified atom stereocenters. The van der Waals surface area contributed by atoms with E-state index < -0.39 is 28.8 Å². The first-order valence-electron chi connectivity index (χ1n) is 10.1. The van der Waals surface area contributed by atoms with Gasteiger partial charge in [0.2, 0.25) is 0 Å². The predicted octanol–water partition coefficient (Wildman–Crippen LogP) is 2.86. The lowest BCUT2D eigenvalue weighted by atomic mass is 9.86. The van der Waals surface area contributed by atoms with Crippen LogP contribution >= 0.6 is 11.8 Å². The molecular weight excluding hydrogens is 440 g/mol. The SMILES string of the molecule is CC[C@@]1(O)C(=O)OCc2c1cc1n(c2=O)Cc2c-1nc1ccc(N)c3c1c2C(F)(F)CS3. The molecule has 164 valence electrons. The fraction of sp³-hybridized carbons (Fsp3) is 0.318. The zero-order valence-electron chi connectivity index (χ0n) is 16.9. The molecule has 1 atom stereocenters. The number of hydrogen-bond donors (Lipinski definition) is 2. The van der Waals surface area contributed by atoms with Gasteiger partial charge in [0.15, 0.2) is 5.60 Å². The Labute approximate surface area is 184 Å². The molecule has 3 aliphatic heterocycles. The number of carbonyl (C=O) groups excluding carboxylic acids is 1. The molecule has 32 heavy (non-hydrogen) atoms. The number of aliphatic hydroxyl groups is 1. The molecule has 0 saturated heterocycles. The fourth-order valence-corrected chi connectivity index (χ4v) is 6.01. The Bertz CT molecular complexity index is 1450. The summed E-state index contributed by atoms with van der Waals surface area (Å²) >= 11 is 1.000. The van der Waals surface area contributed by atoms with Gasteiger partial charge in [0, 0.05) is 32.7 Å². The third kappa shape index (κ3) is 2.26. The first-order valence-corrected chi connectivity index (χ1v) is 11.1. The van der Waals surface area contributed by atoms with Crippen molar-refractivity contribution in [1.29, 1.82) is 0 Å². The third-order valence-corrected chi connectivity index (χ3v) is 7.84. The summed E-state index contributed by atoms with van der Waals surface area (Å²) in [6, 6.07) is 4.75. The molecule has 6 rings (SSSR count). The van der Waals surface area contributed by atoms with E-state index in [2.05, 4.69) is 4.98 Å². The van der Waals surface area contributed by atoms with E-state index in [-0.39, 0.29) is 47.5 Å². The third-order valence-electron chi connectivity index (χ3n) is 6.60. The van der Waals surface area contributed by atoms with Gasteiger partial charge in [-0.3, -0.25) is 4.79 Å². The largest absolute Gasteiger partial charge is 0.458 e. The molecule has 0 saturated carbocycles. The average molecular weight is 457 g/mol. The van der Waals surface area contributed by atoms with Crippen molar-refractivity contribution in [1.82, 2.24) is 9.55 Å². The van der Waals surface area contributed by atoms with Crippen LogP contribution in [0.1, 0.15) is 35.6 Å². The molecule has 10 heteroatoms. The van der Waals surface area contributed by atoms with Gasteiger partial charge in [-0.15, -0.1) is 11.8 Å². The average Bonchev–Trinajstić information content (AvgIpc) is 3.13. The number of hydrogen-bond acceptors (Lipinski definition) is 7. The molecule has 0 bridgehead atoms. The van der Waals surface area contributed by atoms with E-state index in [0.29, 0.717) is 27.2 Å². The zero-order chi connectivity index (χ0) is 22.6. The molecule has 5 heterocycles. The Kier molecular flexibility index (Phi) is 3.74. The summed E-state index contributed by atoms with van der Waals surface area (Å²) in [4.78, 5) is 30.8. The van der Waals surface area contributed by atoms with Crippen molar-refractivity contribution >= 4 is 34.3 Å². The quantitative estimate of drug-likeness (QED) is 0.334. The highest BCUT2D eigenvalue weighted by Gasteiger charge is 2.47. The van der Waals surface area contributed by atoms with Crippen molar-refractivity contribution in [3.8, 4) is 11.4 Å². The maximum absolute atomic E-state index is 15.2. The van der Waals surface area contributed by atoms with Crippen molar-refractivity contribution in [3.63, 3.8) is 0 Å². The molecule has 3 aromatic rings. The van der Waals surface area contributed by atoms with Crippen LogP contribution in [0.2, 0.25) is 0 Å². The van der Waals surface area contributed by atoms with Crippen molar-refractivity contribution in [2.45, 2.75) is 42.9 Å². The minimum absolute atomic E-state index is 0.00289. The number of pyridine rings is 2. The number of nitrogen functional groups attached to an aromatic ring is 1. The van der Waals surface area contributed by atoms with Crippen LogP contribution < -0.4 is 11.3 Å². The molecule has 1 aromatic carbocycles. The van der Waals surface area contributed by atoms with Crippen LogP contribution in [0.3, 0.4) is 0 Å². The number of ether oxygens (including phenoxy) is 1. The van der Waals surface area contributed by atoms with E-state index in [1.54, 1.807) is 19.1 Å². The number of fused-ring (bicyclic) bond motifs is 5. The Morgan fingerprint density at radius 2 is 2.09 bits per heavy atom. The first kappa shape index (κ1) is 19.7. The number of anilines is 1. The van der Waals surface area contributed by atoms with E-state index in [0.717, 1.165) is 11.8 Å². The maximum atomic E-state index is 15.2. The lowest BCUT2D eigenvalue weighted by Gasteiger charge is -2.31. The number of carbonyl (C=O) groups is 1. The highest BCUT2D eigenvalue weighted by atomic mass is 32.2. The van der Waals surface area contributed by atoms with Gasteiger partial charge >= 0.3 is 5.97 Å². The number of esters is 1. The lowest BCUT2D eigenvalue weighted by molar-refractivity contribution is -0.172. The minimum Gasteiger partial charge on any atom is -0.458 e. The summed E-state index contributed by atoms with van der Waals surface area (Å²) in [5.74, 6) is -4.43. The van der Waals surface area contributed by atoms with Crippen LogP contribution in [0, 0.1) is 0 Å². The number of nitrogens with zero attached hydrogens (tertiary/aromatic N) is 2. The van der Waals surface area contributed by atoms with Crippen molar-refractivity contribution in [2.24, 2.45) is 0 Å². The zero-order valence-corrected chi connectivity index (χ0v) is 17.7. The number of rotatable bonds is 1. The van der Waals surface area contributed by atoms with Crippen molar-refractivity contribution in [2.75, 3.05) is 11.5 Å². The van der Waals surface area contributed by atoms with Gasteiger partial charge in [-0.2, -0.15) is 0 Å². The molecule has 7 nitrogen and oxygen atoms in total. The second-order valence-electron chi connectivity index (χ2n) is 8.29. The molecule has 0 spiro atoms. The Hall–Kier alpha value is -2.98. The molecule has 0 aliphatic carbocycles. The predicted molar refractivity (Wildman–Crippen MR) is 114 cm³/mol. The van der Waals surface area contributed by atoms with Crippen LogP contribution in [-0.2, 0) is 34.2 Å². The molecule has 3 N–H and O–H groups in total. The van der Waals surface area contributed by atoms with Crippen molar-refractivity contribution < 1.29 is 23.4 Å². The summed E-state index contributed by atoms with van der Waals surface area (Å²) in [5, 5.41) is 11.3. The van der Waals surface area contributed by atoms with Crippen LogP contribution in [0.15, 0.2) is 27.9 Å². The summed E-state index contributed by atoms with van der Waals surface area (Å²) in [6.07, 6.45) is 0.00289. The smallest absolute Gasteiger partial charge is 0.343 e. The molecule has 0 radical (unpaired) electrons.